The fourth-order valence-corrected chi connectivity index (χ4v) is 5.60. The van der Waals surface area contributed by atoms with Crippen LogP contribution in [0.15, 0.2) is 70.9 Å². The van der Waals surface area contributed by atoms with Crippen LogP contribution in [0.2, 0.25) is 0 Å². The lowest BCUT2D eigenvalue weighted by molar-refractivity contribution is 0.116. The van der Waals surface area contributed by atoms with Gasteiger partial charge in [0.05, 0.1) is 6.10 Å². The van der Waals surface area contributed by atoms with Gasteiger partial charge >= 0.3 is 0 Å². The quantitative estimate of drug-likeness (QED) is 0.522. The molecule has 1 nitrogen and oxygen atoms in total. The summed E-state index contributed by atoms with van der Waals surface area (Å²) in [5, 5.41) is 11.5. The molecule has 6 unspecified atom stereocenters. The molecule has 4 rings (SSSR count). The Hall–Kier alpha value is -1.60. The maximum Gasteiger partial charge on any atom is 0.0677 e. The molecule has 0 saturated heterocycles. The van der Waals surface area contributed by atoms with E-state index in [0.29, 0.717) is 17.8 Å². The summed E-state index contributed by atoms with van der Waals surface area (Å²) in [4.78, 5) is 0. The van der Waals surface area contributed by atoms with Gasteiger partial charge in [-0.3, -0.25) is 0 Å². The molecule has 0 aliphatic heterocycles. The SMILES string of the molecule is CC1C=CC=C(C2=CC(C(C)(C)C)=CC3C(O)C4C=C(C(C)(C)C)C=CC4C23)C1. The van der Waals surface area contributed by atoms with Crippen molar-refractivity contribution in [3.8, 4) is 0 Å². The van der Waals surface area contributed by atoms with Gasteiger partial charge in [0, 0.05) is 11.8 Å². The number of aliphatic hydroxyl groups is 1. The van der Waals surface area contributed by atoms with Crippen LogP contribution in [-0.2, 0) is 0 Å². The first-order valence-electron chi connectivity index (χ1n) is 11.4. The Labute approximate surface area is 177 Å². The minimum atomic E-state index is -0.314. The minimum absolute atomic E-state index is 0.0859. The molecule has 0 spiro atoms. The second-order valence-corrected chi connectivity index (χ2v) is 11.7. The summed E-state index contributed by atoms with van der Waals surface area (Å²) in [7, 11) is 0. The van der Waals surface area contributed by atoms with Crippen LogP contribution in [0, 0.1) is 40.4 Å². The molecule has 0 aromatic heterocycles. The normalized spacial score (nSPS) is 36.7. The van der Waals surface area contributed by atoms with Crippen LogP contribution >= 0.6 is 0 Å². The Bertz CT molecular complexity index is 859. The van der Waals surface area contributed by atoms with Crippen molar-refractivity contribution < 1.29 is 5.11 Å². The smallest absolute Gasteiger partial charge is 0.0677 e. The molecule has 1 saturated carbocycles. The lowest BCUT2D eigenvalue weighted by atomic mass is 9.68. The molecule has 0 amide bonds. The molecule has 1 fully saturated rings. The fraction of sp³-hybridized carbons (Fsp3) is 0.571. The summed E-state index contributed by atoms with van der Waals surface area (Å²) >= 11 is 0. The molecule has 4 aliphatic rings. The zero-order chi connectivity index (χ0) is 21.1. The Morgan fingerprint density at radius 3 is 2.14 bits per heavy atom. The molecular formula is C28H38O. The zero-order valence-corrected chi connectivity index (χ0v) is 19.2. The zero-order valence-electron chi connectivity index (χ0n) is 19.2. The molecule has 6 atom stereocenters. The van der Waals surface area contributed by atoms with Crippen molar-refractivity contribution in [1.29, 1.82) is 0 Å². The first kappa shape index (κ1) is 20.7. The largest absolute Gasteiger partial charge is 0.392 e. The number of hydrogen-bond acceptors (Lipinski definition) is 1. The molecule has 1 heteroatoms. The van der Waals surface area contributed by atoms with Crippen molar-refractivity contribution in [1.82, 2.24) is 0 Å². The third kappa shape index (κ3) is 3.67. The average molecular weight is 391 g/mol. The summed E-state index contributed by atoms with van der Waals surface area (Å²) in [6, 6.07) is 0. The summed E-state index contributed by atoms with van der Waals surface area (Å²) in [6.07, 6.45) is 19.6. The summed E-state index contributed by atoms with van der Waals surface area (Å²) in [5.74, 6) is 1.74. The van der Waals surface area contributed by atoms with E-state index in [1.54, 1.807) is 0 Å². The van der Waals surface area contributed by atoms with Gasteiger partial charge in [0.25, 0.3) is 0 Å². The highest BCUT2D eigenvalue weighted by Crippen LogP contribution is 2.55. The van der Waals surface area contributed by atoms with Crippen LogP contribution in [0.25, 0.3) is 0 Å². The molecule has 0 radical (unpaired) electrons. The predicted molar refractivity (Wildman–Crippen MR) is 123 cm³/mol. The van der Waals surface area contributed by atoms with Crippen LogP contribution < -0.4 is 0 Å². The molecule has 4 aliphatic carbocycles. The van der Waals surface area contributed by atoms with Crippen molar-refractivity contribution >= 4 is 0 Å². The van der Waals surface area contributed by atoms with Crippen LogP contribution in [0.1, 0.15) is 54.9 Å². The van der Waals surface area contributed by atoms with Gasteiger partial charge in [-0.15, -0.1) is 0 Å². The second kappa shape index (κ2) is 6.98. The molecule has 0 bridgehead atoms. The van der Waals surface area contributed by atoms with Gasteiger partial charge in [-0.05, 0) is 57.3 Å². The minimum Gasteiger partial charge on any atom is -0.392 e. The topological polar surface area (TPSA) is 20.2 Å². The summed E-state index contributed by atoms with van der Waals surface area (Å²) in [5.41, 5.74) is 5.88. The second-order valence-electron chi connectivity index (χ2n) is 11.7. The summed E-state index contributed by atoms with van der Waals surface area (Å²) < 4.78 is 0. The monoisotopic (exact) mass is 390 g/mol. The van der Waals surface area contributed by atoms with E-state index in [0.717, 1.165) is 6.42 Å². The first-order chi connectivity index (χ1) is 13.5. The van der Waals surface area contributed by atoms with Gasteiger partial charge in [0.1, 0.15) is 0 Å². The van der Waals surface area contributed by atoms with Gasteiger partial charge in [-0.1, -0.05) is 97.1 Å². The Balaban J connectivity index is 1.79. The molecular weight excluding hydrogens is 352 g/mol. The van der Waals surface area contributed by atoms with Gasteiger partial charge in [0.2, 0.25) is 0 Å². The highest BCUT2D eigenvalue weighted by molar-refractivity contribution is 5.50. The number of allylic oxidation sites excluding steroid dienone is 10. The lowest BCUT2D eigenvalue weighted by Gasteiger charge is -2.36. The van der Waals surface area contributed by atoms with Crippen molar-refractivity contribution in [2.75, 3.05) is 0 Å². The third-order valence-electron chi connectivity index (χ3n) is 7.36. The van der Waals surface area contributed by atoms with E-state index in [4.69, 9.17) is 0 Å². The van der Waals surface area contributed by atoms with E-state index in [1.807, 2.05) is 0 Å². The van der Waals surface area contributed by atoms with E-state index in [-0.39, 0.29) is 28.8 Å². The van der Waals surface area contributed by atoms with E-state index in [1.165, 1.54) is 22.3 Å². The van der Waals surface area contributed by atoms with Gasteiger partial charge in [-0.2, -0.15) is 0 Å². The van der Waals surface area contributed by atoms with E-state index < -0.39 is 0 Å². The third-order valence-corrected chi connectivity index (χ3v) is 7.36. The molecule has 1 N–H and O–H groups in total. The van der Waals surface area contributed by atoms with Crippen molar-refractivity contribution in [3.05, 3.63) is 70.9 Å². The fourth-order valence-electron chi connectivity index (χ4n) is 5.60. The number of rotatable bonds is 1. The van der Waals surface area contributed by atoms with Crippen molar-refractivity contribution in [3.63, 3.8) is 0 Å². The maximum absolute atomic E-state index is 11.5. The van der Waals surface area contributed by atoms with Crippen LogP contribution in [0.3, 0.4) is 0 Å². The Kier molecular flexibility index (Phi) is 4.97. The van der Waals surface area contributed by atoms with E-state index in [2.05, 4.69) is 97.1 Å². The van der Waals surface area contributed by atoms with Crippen LogP contribution in [0.5, 0.6) is 0 Å². The molecule has 0 aromatic carbocycles. The average Bonchev–Trinajstić information content (AvgIpc) is 2.92. The molecule has 29 heavy (non-hydrogen) atoms. The number of fused-ring (bicyclic) bond motifs is 3. The van der Waals surface area contributed by atoms with E-state index in [9.17, 15) is 5.11 Å². The summed E-state index contributed by atoms with van der Waals surface area (Å²) in [6.45, 7) is 16.0. The highest BCUT2D eigenvalue weighted by atomic mass is 16.3. The van der Waals surface area contributed by atoms with Crippen LogP contribution in [-0.4, -0.2) is 11.2 Å². The maximum atomic E-state index is 11.5. The van der Waals surface area contributed by atoms with Crippen molar-refractivity contribution in [2.45, 2.75) is 61.0 Å². The van der Waals surface area contributed by atoms with Crippen LogP contribution in [0.4, 0.5) is 0 Å². The predicted octanol–water partition coefficient (Wildman–Crippen LogP) is 6.80. The lowest BCUT2D eigenvalue weighted by Crippen LogP contribution is -2.27. The Morgan fingerprint density at radius 2 is 1.52 bits per heavy atom. The number of hydrogen-bond donors (Lipinski definition) is 1. The van der Waals surface area contributed by atoms with Gasteiger partial charge in [0.15, 0.2) is 0 Å². The molecule has 156 valence electrons. The van der Waals surface area contributed by atoms with Gasteiger partial charge < -0.3 is 5.11 Å². The Morgan fingerprint density at radius 1 is 0.862 bits per heavy atom. The molecule has 0 aromatic rings. The van der Waals surface area contributed by atoms with Gasteiger partial charge in [-0.25, -0.2) is 0 Å². The van der Waals surface area contributed by atoms with Crippen molar-refractivity contribution in [2.24, 2.45) is 40.4 Å². The standard InChI is InChI=1S/C28H38O/c1-17-9-8-10-18(13-17)22-15-20(28(5,6)7)16-24-25(22)21-12-11-19(27(2,3)4)14-23(21)26(24)29/h8-12,14-17,21,23-26,29H,13H2,1-7H3. The first-order valence-corrected chi connectivity index (χ1v) is 11.4. The molecule has 0 heterocycles. The van der Waals surface area contributed by atoms with E-state index >= 15 is 0 Å². The number of aliphatic hydroxyl groups excluding tert-OH is 1. The highest BCUT2D eigenvalue weighted by Gasteiger charge is 2.51.